The first-order chi connectivity index (χ1) is 10.7. The summed E-state index contributed by atoms with van der Waals surface area (Å²) in [6.45, 7) is 6.50. The van der Waals surface area contributed by atoms with Crippen LogP contribution in [0.15, 0.2) is 4.52 Å². The maximum absolute atomic E-state index is 12.1. The molecule has 1 aromatic rings. The van der Waals surface area contributed by atoms with Crippen molar-refractivity contribution in [3.63, 3.8) is 0 Å². The number of amides is 2. The molecule has 6 nitrogen and oxygen atoms in total. The van der Waals surface area contributed by atoms with E-state index in [2.05, 4.69) is 29.3 Å². The lowest BCUT2D eigenvalue weighted by molar-refractivity contribution is 0.172. The Morgan fingerprint density at radius 3 is 2.95 bits per heavy atom. The fourth-order valence-electron chi connectivity index (χ4n) is 2.72. The molecule has 2 heterocycles. The minimum absolute atomic E-state index is 0.0314. The minimum Gasteiger partial charge on any atom is -0.339 e. The molecule has 1 aromatic heterocycles. The van der Waals surface area contributed by atoms with Crippen molar-refractivity contribution < 1.29 is 9.32 Å². The second-order valence-electron chi connectivity index (χ2n) is 6.02. The topological polar surface area (TPSA) is 71.3 Å². The number of nitrogens with one attached hydrogen (secondary N) is 1. The molecule has 1 fully saturated rings. The second-order valence-corrected chi connectivity index (χ2v) is 6.02. The molecule has 0 radical (unpaired) electrons. The van der Waals surface area contributed by atoms with Crippen molar-refractivity contribution in [2.24, 2.45) is 0 Å². The van der Waals surface area contributed by atoms with Gasteiger partial charge in [-0.05, 0) is 25.7 Å². The van der Waals surface area contributed by atoms with Crippen LogP contribution in [0.1, 0.15) is 70.0 Å². The quantitative estimate of drug-likeness (QED) is 0.786. The van der Waals surface area contributed by atoms with Crippen LogP contribution in [-0.2, 0) is 6.42 Å². The van der Waals surface area contributed by atoms with Crippen LogP contribution < -0.4 is 5.32 Å². The molecule has 22 heavy (non-hydrogen) atoms. The van der Waals surface area contributed by atoms with Crippen LogP contribution in [0.3, 0.4) is 0 Å². The van der Waals surface area contributed by atoms with Gasteiger partial charge in [-0.2, -0.15) is 4.98 Å². The van der Waals surface area contributed by atoms with Crippen molar-refractivity contribution in [3.05, 3.63) is 11.7 Å². The molecule has 1 aliphatic rings. The van der Waals surface area contributed by atoms with Gasteiger partial charge in [-0.15, -0.1) is 0 Å². The van der Waals surface area contributed by atoms with Crippen LogP contribution in [0.25, 0.3) is 0 Å². The largest absolute Gasteiger partial charge is 0.339 e. The molecule has 1 saturated heterocycles. The number of piperidine rings is 1. The van der Waals surface area contributed by atoms with Gasteiger partial charge in [0.2, 0.25) is 5.89 Å². The van der Waals surface area contributed by atoms with E-state index in [1.165, 1.54) is 0 Å². The number of aryl methyl sites for hydroxylation is 1. The van der Waals surface area contributed by atoms with Crippen LogP contribution in [0.5, 0.6) is 0 Å². The van der Waals surface area contributed by atoms with Crippen LogP contribution in [0.4, 0.5) is 4.79 Å². The maximum atomic E-state index is 12.1. The normalized spacial score (nSPS) is 18.5. The highest BCUT2D eigenvalue weighted by atomic mass is 16.5. The van der Waals surface area contributed by atoms with Crippen molar-refractivity contribution in [1.29, 1.82) is 0 Å². The van der Waals surface area contributed by atoms with E-state index in [0.717, 1.165) is 63.9 Å². The predicted octanol–water partition coefficient (Wildman–Crippen LogP) is 3.10. The third-order valence-corrected chi connectivity index (χ3v) is 4.10. The van der Waals surface area contributed by atoms with Gasteiger partial charge in [0.05, 0.1) is 5.92 Å². The van der Waals surface area contributed by atoms with Crippen molar-refractivity contribution in [1.82, 2.24) is 20.4 Å². The number of carbonyl (C=O) groups excluding carboxylic acids is 1. The summed E-state index contributed by atoms with van der Waals surface area (Å²) in [7, 11) is 0. The number of rotatable bonds is 7. The molecule has 0 saturated carbocycles. The Balaban J connectivity index is 1.87. The number of hydrogen-bond acceptors (Lipinski definition) is 4. The minimum atomic E-state index is 0.0314. The number of carbonyl (C=O) groups is 1. The molecule has 0 aliphatic carbocycles. The van der Waals surface area contributed by atoms with E-state index in [1.54, 1.807) is 0 Å². The molecule has 1 N–H and O–H groups in total. The van der Waals surface area contributed by atoms with Crippen molar-refractivity contribution in [3.8, 4) is 0 Å². The lowest BCUT2D eigenvalue weighted by atomic mass is 9.98. The second kappa shape index (κ2) is 8.76. The van der Waals surface area contributed by atoms with Gasteiger partial charge in [0, 0.05) is 26.1 Å². The highest BCUT2D eigenvalue weighted by Crippen LogP contribution is 2.25. The van der Waals surface area contributed by atoms with Crippen LogP contribution in [0.2, 0.25) is 0 Å². The van der Waals surface area contributed by atoms with E-state index in [1.807, 2.05) is 4.90 Å². The van der Waals surface area contributed by atoms with Crippen molar-refractivity contribution in [2.45, 2.75) is 64.7 Å². The molecular formula is C16H28N4O2. The maximum Gasteiger partial charge on any atom is 0.317 e. The Morgan fingerprint density at radius 2 is 2.18 bits per heavy atom. The molecule has 0 aromatic carbocycles. The first kappa shape index (κ1) is 16.8. The van der Waals surface area contributed by atoms with Gasteiger partial charge in [0.25, 0.3) is 0 Å². The zero-order valence-corrected chi connectivity index (χ0v) is 13.8. The highest BCUT2D eigenvalue weighted by molar-refractivity contribution is 5.74. The smallest absolute Gasteiger partial charge is 0.317 e. The molecular weight excluding hydrogens is 280 g/mol. The van der Waals surface area contributed by atoms with E-state index >= 15 is 0 Å². The van der Waals surface area contributed by atoms with Gasteiger partial charge in [0.15, 0.2) is 5.82 Å². The van der Waals surface area contributed by atoms with Crippen molar-refractivity contribution >= 4 is 6.03 Å². The Kier molecular flexibility index (Phi) is 6.68. The van der Waals surface area contributed by atoms with Crippen LogP contribution in [-0.4, -0.2) is 40.7 Å². The summed E-state index contributed by atoms with van der Waals surface area (Å²) in [5.74, 6) is 1.66. The molecule has 1 atom stereocenters. The van der Waals surface area contributed by atoms with Gasteiger partial charge < -0.3 is 14.7 Å². The summed E-state index contributed by atoms with van der Waals surface area (Å²) in [6.07, 6.45) is 7.17. The summed E-state index contributed by atoms with van der Waals surface area (Å²) in [5.41, 5.74) is 0. The Bertz CT molecular complexity index is 461. The standard InChI is InChI=1S/C16H28N4O2/c1-3-5-9-14-18-15(22-19-14)13-8-7-11-20(12-13)16(21)17-10-6-4-2/h13H,3-12H2,1-2H3,(H,17,21)/t13-/m1/s1. The summed E-state index contributed by atoms with van der Waals surface area (Å²) in [6, 6.07) is 0.0314. The van der Waals surface area contributed by atoms with Gasteiger partial charge >= 0.3 is 6.03 Å². The lowest BCUT2D eigenvalue weighted by Gasteiger charge is -2.31. The molecule has 124 valence electrons. The fourth-order valence-corrected chi connectivity index (χ4v) is 2.72. The number of hydrogen-bond donors (Lipinski definition) is 1. The lowest BCUT2D eigenvalue weighted by Crippen LogP contribution is -2.45. The average Bonchev–Trinajstić information content (AvgIpc) is 3.02. The van der Waals surface area contributed by atoms with Gasteiger partial charge in [-0.3, -0.25) is 0 Å². The van der Waals surface area contributed by atoms with E-state index < -0.39 is 0 Å². The number of likely N-dealkylation sites (tertiary alicyclic amines) is 1. The molecule has 2 amide bonds. The van der Waals surface area contributed by atoms with E-state index in [-0.39, 0.29) is 11.9 Å². The highest BCUT2D eigenvalue weighted by Gasteiger charge is 2.28. The predicted molar refractivity (Wildman–Crippen MR) is 84.8 cm³/mol. The van der Waals surface area contributed by atoms with E-state index in [0.29, 0.717) is 12.4 Å². The molecule has 2 rings (SSSR count). The Labute approximate surface area is 132 Å². The number of aromatic nitrogens is 2. The first-order valence-corrected chi connectivity index (χ1v) is 8.59. The summed E-state index contributed by atoms with van der Waals surface area (Å²) in [5, 5.41) is 7.03. The van der Waals surface area contributed by atoms with Gasteiger partial charge in [-0.25, -0.2) is 4.79 Å². The SMILES string of the molecule is CCCCNC(=O)N1CCC[C@@H](c2nc(CCCC)no2)C1. The van der Waals surface area contributed by atoms with Crippen molar-refractivity contribution in [2.75, 3.05) is 19.6 Å². The van der Waals surface area contributed by atoms with Crippen LogP contribution >= 0.6 is 0 Å². The third-order valence-electron chi connectivity index (χ3n) is 4.10. The number of unbranched alkanes of at least 4 members (excludes halogenated alkanes) is 2. The van der Waals surface area contributed by atoms with E-state index in [9.17, 15) is 4.79 Å². The van der Waals surface area contributed by atoms with Gasteiger partial charge in [-0.1, -0.05) is 31.8 Å². The third kappa shape index (κ3) is 4.71. The molecule has 0 spiro atoms. The molecule has 0 bridgehead atoms. The summed E-state index contributed by atoms with van der Waals surface area (Å²) in [4.78, 5) is 18.5. The summed E-state index contributed by atoms with van der Waals surface area (Å²) >= 11 is 0. The Morgan fingerprint density at radius 1 is 1.36 bits per heavy atom. The summed E-state index contributed by atoms with van der Waals surface area (Å²) < 4.78 is 5.41. The zero-order chi connectivity index (χ0) is 15.8. The molecule has 1 aliphatic heterocycles. The molecule has 0 unspecified atom stereocenters. The Hall–Kier alpha value is -1.59. The average molecular weight is 308 g/mol. The van der Waals surface area contributed by atoms with Crippen LogP contribution in [0, 0.1) is 0 Å². The molecule has 6 heteroatoms. The fraction of sp³-hybridized carbons (Fsp3) is 0.812. The zero-order valence-electron chi connectivity index (χ0n) is 13.8. The number of urea groups is 1. The van der Waals surface area contributed by atoms with E-state index in [4.69, 9.17) is 4.52 Å². The monoisotopic (exact) mass is 308 g/mol. The first-order valence-electron chi connectivity index (χ1n) is 8.59. The number of nitrogens with zero attached hydrogens (tertiary/aromatic N) is 3. The van der Waals surface area contributed by atoms with Gasteiger partial charge in [0.1, 0.15) is 0 Å².